The molecule has 0 atom stereocenters. The van der Waals surface area contributed by atoms with Crippen LogP contribution in [0.4, 0.5) is 5.69 Å². The number of aliphatic hydroxyl groups is 1. The maximum Gasteiger partial charge on any atom is 0.250 e. The third-order valence-electron chi connectivity index (χ3n) is 2.41. The van der Waals surface area contributed by atoms with E-state index in [0.717, 1.165) is 16.8 Å². The maximum atomic E-state index is 11.5. The van der Waals surface area contributed by atoms with Gasteiger partial charge in [0, 0.05) is 24.3 Å². The SMILES string of the molecule is CCOCC(=O)Nc1ccc(C#CCCO)cc1C. The molecule has 0 fully saturated rings. The highest BCUT2D eigenvalue weighted by Gasteiger charge is 2.04. The van der Waals surface area contributed by atoms with Crippen LogP contribution in [0.3, 0.4) is 0 Å². The van der Waals surface area contributed by atoms with Gasteiger partial charge < -0.3 is 15.2 Å². The molecule has 19 heavy (non-hydrogen) atoms. The molecule has 0 saturated heterocycles. The summed E-state index contributed by atoms with van der Waals surface area (Å²) in [6, 6.07) is 5.57. The standard InChI is InChI=1S/C15H19NO3/c1-3-19-11-15(18)16-14-8-7-13(10-12(14)2)6-4-5-9-17/h7-8,10,17H,3,5,9,11H2,1-2H3,(H,16,18). The van der Waals surface area contributed by atoms with E-state index in [1.165, 1.54) is 0 Å². The third-order valence-corrected chi connectivity index (χ3v) is 2.41. The van der Waals surface area contributed by atoms with Gasteiger partial charge in [-0.1, -0.05) is 11.8 Å². The summed E-state index contributed by atoms with van der Waals surface area (Å²) in [7, 11) is 0. The zero-order valence-electron chi connectivity index (χ0n) is 11.3. The van der Waals surface area contributed by atoms with Gasteiger partial charge in [-0.15, -0.1) is 0 Å². The molecule has 0 radical (unpaired) electrons. The number of hydrogen-bond donors (Lipinski definition) is 2. The lowest BCUT2D eigenvalue weighted by atomic mass is 10.1. The molecule has 0 saturated carbocycles. The Morgan fingerprint density at radius 2 is 2.26 bits per heavy atom. The highest BCUT2D eigenvalue weighted by molar-refractivity contribution is 5.92. The summed E-state index contributed by atoms with van der Waals surface area (Å²) in [5, 5.41) is 11.4. The van der Waals surface area contributed by atoms with Crippen LogP contribution in [0.25, 0.3) is 0 Å². The van der Waals surface area contributed by atoms with Crippen LogP contribution in [0.5, 0.6) is 0 Å². The number of ether oxygens (including phenoxy) is 1. The van der Waals surface area contributed by atoms with Crippen molar-refractivity contribution in [3.63, 3.8) is 0 Å². The molecule has 0 aliphatic carbocycles. The largest absolute Gasteiger partial charge is 0.395 e. The Morgan fingerprint density at radius 3 is 2.89 bits per heavy atom. The fraction of sp³-hybridized carbons (Fsp3) is 0.400. The maximum absolute atomic E-state index is 11.5. The van der Waals surface area contributed by atoms with E-state index in [9.17, 15) is 4.79 Å². The molecule has 0 aliphatic heterocycles. The summed E-state index contributed by atoms with van der Waals surface area (Å²) < 4.78 is 5.04. The lowest BCUT2D eigenvalue weighted by Crippen LogP contribution is -2.18. The van der Waals surface area contributed by atoms with Crippen molar-refractivity contribution < 1.29 is 14.6 Å². The van der Waals surface area contributed by atoms with Crippen molar-refractivity contribution in [3.8, 4) is 11.8 Å². The van der Waals surface area contributed by atoms with E-state index in [2.05, 4.69) is 17.2 Å². The molecule has 2 N–H and O–H groups in total. The second-order valence-corrected chi connectivity index (χ2v) is 3.99. The number of hydrogen-bond acceptors (Lipinski definition) is 3. The lowest BCUT2D eigenvalue weighted by molar-refractivity contribution is -0.120. The van der Waals surface area contributed by atoms with Crippen LogP contribution in [0.15, 0.2) is 18.2 Å². The molecule has 0 unspecified atom stereocenters. The van der Waals surface area contributed by atoms with Gasteiger partial charge in [-0.3, -0.25) is 4.79 Å². The van der Waals surface area contributed by atoms with Crippen molar-refractivity contribution in [2.24, 2.45) is 0 Å². The quantitative estimate of drug-likeness (QED) is 0.793. The Kier molecular flexibility index (Phi) is 6.65. The van der Waals surface area contributed by atoms with E-state index in [4.69, 9.17) is 9.84 Å². The Morgan fingerprint density at radius 1 is 1.47 bits per heavy atom. The number of amides is 1. The summed E-state index contributed by atoms with van der Waals surface area (Å²) in [6.07, 6.45) is 0.464. The molecule has 0 aromatic heterocycles. The van der Waals surface area contributed by atoms with E-state index in [1.54, 1.807) is 0 Å². The summed E-state index contributed by atoms with van der Waals surface area (Å²) in [5.41, 5.74) is 2.58. The summed E-state index contributed by atoms with van der Waals surface area (Å²) in [6.45, 7) is 4.41. The highest BCUT2D eigenvalue weighted by Crippen LogP contribution is 2.16. The molecule has 4 heteroatoms. The molecular formula is C15H19NO3. The zero-order chi connectivity index (χ0) is 14.1. The highest BCUT2D eigenvalue weighted by atomic mass is 16.5. The van der Waals surface area contributed by atoms with Gasteiger partial charge in [-0.2, -0.15) is 0 Å². The monoisotopic (exact) mass is 261 g/mol. The van der Waals surface area contributed by atoms with Crippen LogP contribution in [-0.2, 0) is 9.53 Å². The molecule has 0 heterocycles. The van der Waals surface area contributed by atoms with Gasteiger partial charge in [-0.25, -0.2) is 0 Å². The average molecular weight is 261 g/mol. The predicted molar refractivity (Wildman–Crippen MR) is 74.9 cm³/mol. The topological polar surface area (TPSA) is 58.6 Å². The summed E-state index contributed by atoms with van der Waals surface area (Å²) >= 11 is 0. The molecular weight excluding hydrogens is 242 g/mol. The average Bonchev–Trinajstić information content (AvgIpc) is 2.40. The molecule has 1 amide bonds. The van der Waals surface area contributed by atoms with Gasteiger partial charge in [0.25, 0.3) is 0 Å². The number of aliphatic hydroxyl groups excluding tert-OH is 1. The summed E-state index contributed by atoms with van der Waals surface area (Å²) in [4.78, 5) is 11.5. The fourth-order valence-corrected chi connectivity index (χ4v) is 1.48. The van der Waals surface area contributed by atoms with Crippen molar-refractivity contribution >= 4 is 11.6 Å². The van der Waals surface area contributed by atoms with E-state index in [-0.39, 0.29) is 19.1 Å². The van der Waals surface area contributed by atoms with E-state index in [1.807, 2.05) is 32.0 Å². The van der Waals surface area contributed by atoms with Gasteiger partial charge in [0.15, 0.2) is 0 Å². The van der Waals surface area contributed by atoms with Crippen LogP contribution in [0.1, 0.15) is 24.5 Å². The number of carbonyl (C=O) groups is 1. The van der Waals surface area contributed by atoms with Gasteiger partial charge in [0.2, 0.25) is 5.91 Å². The van der Waals surface area contributed by atoms with Crippen molar-refractivity contribution in [3.05, 3.63) is 29.3 Å². The molecule has 0 bridgehead atoms. The first-order valence-electron chi connectivity index (χ1n) is 6.25. The minimum absolute atomic E-state index is 0.0635. The van der Waals surface area contributed by atoms with Gasteiger partial charge >= 0.3 is 0 Å². The Balaban J connectivity index is 2.67. The fourth-order valence-electron chi connectivity index (χ4n) is 1.48. The lowest BCUT2D eigenvalue weighted by Gasteiger charge is -2.08. The van der Waals surface area contributed by atoms with Crippen LogP contribution < -0.4 is 5.32 Å². The first-order chi connectivity index (χ1) is 9.17. The first-order valence-corrected chi connectivity index (χ1v) is 6.25. The molecule has 4 nitrogen and oxygen atoms in total. The number of rotatable bonds is 5. The number of benzene rings is 1. The van der Waals surface area contributed by atoms with E-state index >= 15 is 0 Å². The normalized spacial score (nSPS) is 9.63. The Bertz CT molecular complexity index is 486. The van der Waals surface area contributed by atoms with Crippen LogP contribution in [-0.4, -0.2) is 30.8 Å². The van der Waals surface area contributed by atoms with Crippen molar-refractivity contribution in [1.29, 1.82) is 0 Å². The summed E-state index contributed by atoms with van der Waals surface area (Å²) in [5.74, 6) is 5.65. The number of aryl methyl sites for hydroxylation is 1. The number of nitrogens with one attached hydrogen (secondary N) is 1. The molecule has 102 valence electrons. The minimum Gasteiger partial charge on any atom is -0.395 e. The minimum atomic E-state index is -0.163. The van der Waals surface area contributed by atoms with Crippen molar-refractivity contribution in [2.45, 2.75) is 20.3 Å². The molecule has 1 aromatic rings. The van der Waals surface area contributed by atoms with Crippen LogP contribution in [0.2, 0.25) is 0 Å². The Hall–Kier alpha value is -1.83. The number of carbonyl (C=O) groups excluding carboxylic acids is 1. The third kappa shape index (κ3) is 5.56. The molecule has 0 aliphatic rings. The smallest absolute Gasteiger partial charge is 0.250 e. The predicted octanol–water partition coefficient (Wildman–Crippen LogP) is 1.70. The molecule has 1 rings (SSSR count). The zero-order valence-corrected chi connectivity index (χ0v) is 11.3. The molecule has 1 aromatic carbocycles. The Labute approximate surface area is 113 Å². The second kappa shape index (κ2) is 8.30. The first kappa shape index (κ1) is 15.2. The van der Waals surface area contributed by atoms with E-state index < -0.39 is 0 Å². The van der Waals surface area contributed by atoms with Crippen LogP contribution in [0, 0.1) is 18.8 Å². The van der Waals surface area contributed by atoms with Gasteiger partial charge in [0.05, 0.1) is 6.61 Å². The van der Waals surface area contributed by atoms with Crippen molar-refractivity contribution in [2.75, 3.05) is 25.1 Å². The van der Waals surface area contributed by atoms with Gasteiger partial charge in [-0.05, 0) is 37.6 Å². The van der Waals surface area contributed by atoms with Gasteiger partial charge in [0.1, 0.15) is 6.61 Å². The molecule has 0 spiro atoms. The van der Waals surface area contributed by atoms with Crippen molar-refractivity contribution in [1.82, 2.24) is 0 Å². The van der Waals surface area contributed by atoms with Crippen LogP contribution >= 0.6 is 0 Å². The van der Waals surface area contributed by atoms with E-state index in [0.29, 0.717) is 13.0 Å². The second-order valence-electron chi connectivity index (χ2n) is 3.99. The number of anilines is 1.